The first-order chi connectivity index (χ1) is 13.1. The van der Waals surface area contributed by atoms with Crippen LogP contribution in [0.3, 0.4) is 0 Å². The molecule has 1 aromatic carbocycles. The molecule has 136 valence electrons. The highest BCUT2D eigenvalue weighted by Gasteiger charge is 2.39. The van der Waals surface area contributed by atoms with E-state index in [9.17, 15) is 13.6 Å². The molecule has 0 fully saturated rings. The molecule has 0 amide bonds. The van der Waals surface area contributed by atoms with Gasteiger partial charge >= 0.3 is 0 Å². The van der Waals surface area contributed by atoms with E-state index in [4.69, 9.17) is 0 Å². The van der Waals surface area contributed by atoms with Crippen LogP contribution in [-0.4, -0.2) is 20.5 Å². The van der Waals surface area contributed by atoms with E-state index in [2.05, 4.69) is 15.4 Å². The van der Waals surface area contributed by atoms with E-state index in [1.165, 1.54) is 23.1 Å². The maximum Gasteiger partial charge on any atom is 0.226 e. The number of benzene rings is 1. The third kappa shape index (κ3) is 2.68. The SMILES string of the molecule is O=C1C[C@@H](c2cccs2)CC2=C1[C@@H](c1cc(F)cc(F)c1)n1ncnc1N2. The van der Waals surface area contributed by atoms with Gasteiger partial charge in [-0.25, -0.2) is 13.5 Å². The molecule has 2 aliphatic rings. The average molecular weight is 384 g/mol. The van der Waals surface area contributed by atoms with Gasteiger partial charge in [0.2, 0.25) is 5.95 Å². The molecule has 3 heterocycles. The van der Waals surface area contributed by atoms with E-state index < -0.39 is 17.7 Å². The number of fused-ring (bicyclic) bond motifs is 1. The number of nitrogens with one attached hydrogen (secondary N) is 1. The lowest BCUT2D eigenvalue weighted by Crippen LogP contribution is -2.33. The van der Waals surface area contributed by atoms with Crippen LogP contribution in [0.1, 0.15) is 35.2 Å². The molecule has 0 saturated carbocycles. The second-order valence-corrected chi connectivity index (χ2v) is 7.67. The van der Waals surface area contributed by atoms with Crippen molar-refractivity contribution in [1.82, 2.24) is 14.8 Å². The summed E-state index contributed by atoms with van der Waals surface area (Å²) >= 11 is 1.62. The average Bonchev–Trinajstić information content (AvgIpc) is 3.30. The fraction of sp³-hybridized carbons (Fsp3) is 0.211. The quantitative estimate of drug-likeness (QED) is 0.725. The number of ketones is 1. The number of thiophene rings is 1. The number of anilines is 1. The number of allylic oxidation sites excluding steroid dienone is 2. The summed E-state index contributed by atoms with van der Waals surface area (Å²) in [6.45, 7) is 0. The van der Waals surface area contributed by atoms with Crippen molar-refractivity contribution in [3.05, 3.63) is 75.4 Å². The van der Waals surface area contributed by atoms with Gasteiger partial charge in [0, 0.05) is 34.6 Å². The molecule has 3 aromatic rings. The number of rotatable bonds is 2. The minimum atomic E-state index is -0.694. The Balaban J connectivity index is 1.64. The number of Topliss-reactive ketones (excluding diaryl/α,β-unsaturated/α-hetero) is 1. The second kappa shape index (κ2) is 6.09. The molecule has 0 saturated heterocycles. The lowest BCUT2D eigenvalue weighted by atomic mass is 9.80. The molecule has 8 heteroatoms. The van der Waals surface area contributed by atoms with Gasteiger partial charge in [0.1, 0.15) is 24.0 Å². The van der Waals surface area contributed by atoms with E-state index in [0.717, 1.165) is 16.6 Å². The van der Waals surface area contributed by atoms with Crippen molar-refractivity contribution in [2.45, 2.75) is 24.8 Å². The largest absolute Gasteiger partial charge is 0.328 e. The fourth-order valence-corrected chi connectivity index (χ4v) is 4.75. The summed E-state index contributed by atoms with van der Waals surface area (Å²) in [5.41, 5.74) is 1.60. The fourth-order valence-electron chi connectivity index (χ4n) is 3.92. The van der Waals surface area contributed by atoms with E-state index in [0.29, 0.717) is 29.9 Å². The van der Waals surface area contributed by atoms with Gasteiger partial charge in [-0.05, 0) is 35.6 Å². The van der Waals surface area contributed by atoms with Crippen molar-refractivity contribution in [3.8, 4) is 0 Å². The number of nitrogens with zero attached hydrogens (tertiary/aromatic N) is 3. The summed E-state index contributed by atoms with van der Waals surface area (Å²) in [5, 5.41) is 9.37. The lowest BCUT2D eigenvalue weighted by Gasteiger charge is -2.34. The highest BCUT2D eigenvalue weighted by atomic mass is 32.1. The highest BCUT2D eigenvalue weighted by molar-refractivity contribution is 7.10. The Labute approximate surface area is 157 Å². The smallest absolute Gasteiger partial charge is 0.226 e. The zero-order valence-electron chi connectivity index (χ0n) is 14.0. The molecule has 27 heavy (non-hydrogen) atoms. The molecule has 0 unspecified atom stereocenters. The number of aromatic nitrogens is 3. The van der Waals surface area contributed by atoms with Crippen LogP contribution in [0.25, 0.3) is 0 Å². The molecule has 1 aliphatic heterocycles. The molecule has 2 atom stereocenters. The van der Waals surface area contributed by atoms with Crippen molar-refractivity contribution >= 4 is 23.1 Å². The molecule has 1 N–H and O–H groups in total. The van der Waals surface area contributed by atoms with Crippen LogP contribution in [0.15, 0.2) is 53.3 Å². The van der Waals surface area contributed by atoms with E-state index in [1.807, 2.05) is 17.5 Å². The van der Waals surface area contributed by atoms with E-state index >= 15 is 0 Å². The van der Waals surface area contributed by atoms with Gasteiger partial charge in [-0.3, -0.25) is 4.79 Å². The van der Waals surface area contributed by atoms with Crippen LogP contribution in [-0.2, 0) is 4.79 Å². The standard InChI is InChI=1S/C19H14F2N4OS/c20-12-4-11(5-13(21)8-12)18-17-14(24-19-22-9-23-25(18)19)6-10(7-15(17)26)16-2-1-3-27-16/h1-5,8-10,18H,6-7H2,(H,22,23,24)/t10-,18+/m0/s1. The molecule has 2 aromatic heterocycles. The number of hydrogen-bond donors (Lipinski definition) is 1. The molecule has 0 spiro atoms. The highest BCUT2D eigenvalue weighted by Crippen LogP contribution is 2.44. The van der Waals surface area contributed by atoms with Crippen LogP contribution in [0, 0.1) is 11.6 Å². The van der Waals surface area contributed by atoms with E-state index in [1.54, 1.807) is 11.3 Å². The van der Waals surface area contributed by atoms with Gasteiger partial charge in [-0.15, -0.1) is 11.3 Å². The first-order valence-corrected chi connectivity index (χ1v) is 9.40. The van der Waals surface area contributed by atoms with Crippen LogP contribution in [0.5, 0.6) is 0 Å². The number of carbonyl (C=O) groups is 1. The third-order valence-corrected chi connectivity index (χ3v) is 6.04. The Hall–Kier alpha value is -2.87. The Morgan fingerprint density at radius 3 is 2.74 bits per heavy atom. The molecule has 5 nitrogen and oxygen atoms in total. The van der Waals surface area contributed by atoms with Crippen molar-refractivity contribution < 1.29 is 13.6 Å². The number of carbonyl (C=O) groups excluding carboxylic acids is 1. The third-order valence-electron chi connectivity index (χ3n) is 5.01. The Kier molecular flexibility index (Phi) is 3.68. The topological polar surface area (TPSA) is 59.8 Å². The minimum Gasteiger partial charge on any atom is -0.328 e. The first-order valence-electron chi connectivity index (χ1n) is 8.52. The van der Waals surface area contributed by atoms with Gasteiger partial charge < -0.3 is 5.32 Å². The summed E-state index contributed by atoms with van der Waals surface area (Å²) in [5.74, 6) is -0.872. The minimum absolute atomic E-state index is 0.0435. The van der Waals surface area contributed by atoms with E-state index in [-0.39, 0.29) is 11.7 Å². The van der Waals surface area contributed by atoms with Crippen LogP contribution in [0.4, 0.5) is 14.7 Å². The maximum absolute atomic E-state index is 13.9. The van der Waals surface area contributed by atoms with Gasteiger partial charge in [-0.1, -0.05) is 6.07 Å². The summed E-state index contributed by atoms with van der Waals surface area (Å²) < 4.78 is 29.2. The summed E-state index contributed by atoms with van der Waals surface area (Å²) in [6.07, 6.45) is 2.37. The molecular formula is C19H14F2N4OS. The maximum atomic E-state index is 13.9. The van der Waals surface area contributed by atoms with Gasteiger partial charge in [0.25, 0.3) is 0 Å². The molecule has 0 radical (unpaired) electrons. The molecule has 1 aliphatic carbocycles. The monoisotopic (exact) mass is 384 g/mol. The van der Waals surface area contributed by atoms with Gasteiger partial charge in [0.05, 0.1) is 0 Å². The van der Waals surface area contributed by atoms with Crippen molar-refractivity contribution in [2.75, 3.05) is 5.32 Å². The van der Waals surface area contributed by atoms with Crippen molar-refractivity contribution in [1.29, 1.82) is 0 Å². The van der Waals surface area contributed by atoms with Gasteiger partial charge in [-0.2, -0.15) is 10.1 Å². The lowest BCUT2D eigenvalue weighted by molar-refractivity contribution is -0.116. The molecular weight excluding hydrogens is 370 g/mol. The molecule has 0 bridgehead atoms. The molecule has 5 rings (SSSR count). The van der Waals surface area contributed by atoms with Gasteiger partial charge in [0.15, 0.2) is 5.78 Å². The Bertz CT molecular complexity index is 1050. The summed E-state index contributed by atoms with van der Waals surface area (Å²) in [7, 11) is 0. The van der Waals surface area contributed by atoms with Crippen molar-refractivity contribution in [3.63, 3.8) is 0 Å². The van der Waals surface area contributed by atoms with Crippen LogP contribution >= 0.6 is 11.3 Å². The van der Waals surface area contributed by atoms with Crippen LogP contribution < -0.4 is 5.32 Å². The van der Waals surface area contributed by atoms with Crippen molar-refractivity contribution in [2.24, 2.45) is 0 Å². The summed E-state index contributed by atoms with van der Waals surface area (Å²) in [4.78, 5) is 18.4. The predicted molar refractivity (Wildman–Crippen MR) is 96.5 cm³/mol. The second-order valence-electron chi connectivity index (χ2n) is 6.69. The summed E-state index contributed by atoms with van der Waals surface area (Å²) in [6, 6.07) is 6.61. The zero-order chi connectivity index (χ0) is 18.5. The Morgan fingerprint density at radius 1 is 1.19 bits per heavy atom. The number of halogens is 2. The normalized spacial score (nSPS) is 21.6. The predicted octanol–water partition coefficient (Wildman–Crippen LogP) is 4.03. The van der Waals surface area contributed by atoms with Crippen LogP contribution in [0.2, 0.25) is 0 Å². The number of hydrogen-bond acceptors (Lipinski definition) is 5. The first kappa shape index (κ1) is 16.3. The Morgan fingerprint density at radius 2 is 2.00 bits per heavy atom. The zero-order valence-corrected chi connectivity index (χ0v) is 14.8.